The zero-order valence-electron chi connectivity index (χ0n) is 11.4. The first-order valence-corrected chi connectivity index (χ1v) is 6.03. The lowest BCUT2D eigenvalue weighted by Gasteiger charge is -2.15. The molecule has 0 heterocycles. The first-order valence-electron chi connectivity index (χ1n) is 6.03. The van der Waals surface area contributed by atoms with Crippen LogP contribution in [0.4, 0.5) is 0 Å². The molecular formula is C15H17O4. The minimum Gasteiger partial charge on any atom is -0.504 e. The van der Waals surface area contributed by atoms with Crippen LogP contribution in [0.15, 0.2) is 18.2 Å². The first-order chi connectivity index (χ1) is 8.92. The molecule has 0 spiro atoms. The Labute approximate surface area is 112 Å². The molecule has 1 rings (SSSR count). The fourth-order valence-corrected chi connectivity index (χ4v) is 1.75. The second-order valence-corrected chi connectivity index (χ2v) is 4.40. The average molecular weight is 261 g/mol. The van der Waals surface area contributed by atoms with Gasteiger partial charge in [-0.15, -0.1) is 0 Å². The molecule has 0 aromatic heterocycles. The molecular weight excluding hydrogens is 244 g/mol. The normalized spacial score (nSPS) is 10.1. The van der Waals surface area contributed by atoms with Gasteiger partial charge in [-0.3, -0.25) is 4.79 Å². The molecule has 4 heteroatoms. The summed E-state index contributed by atoms with van der Waals surface area (Å²) in [4.78, 5) is 22.4. The monoisotopic (exact) mass is 261 g/mol. The van der Waals surface area contributed by atoms with E-state index in [4.69, 9.17) is 4.74 Å². The van der Waals surface area contributed by atoms with Crippen molar-refractivity contribution >= 4 is 12.3 Å². The van der Waals surface area contributed by atoms with Crippen molar-refractivity contribution in [2.24, 2.45) is 0 Å². The fraction of sp³-hybridized carbons (Fsp3) is 0.333. The summed E-state index contributed by atoms with van der Waals surface area (Å²) in [7, 11) is 0. The molecule has 0 aliphatic carbocycles. The standard InChI is InChI=1S/C15H17O4/c1-5-6-12-10(4)11(8-16)7-13(17)14(12)19-15(18)9(2)3/h7,17H,2,5-6H2,1,3-4H3. The quantitative estimate of drug-likeness (QED) is 0.502. The van der Waals surface area contributed by atoms with Crippen molar-refractivity contribution < 1.29 is 19.4 Å². The van der Waals surface area contributed by atoms with E-state index in [2.05, 4.69) is 6.58 Å². The van der Waals surface area contributed by atoms with Gasteiger partial charge in [0.15, 0.2) is 11.5 Å². The number of rotatable bonds is 5. The SMILES string of the molecule is C=C(C)C(=O)Oc1c(O)cc([C]=O)c(C)c1CCC. The highest BCUT2D eigenvalue weighted by Gasteiger charge is 2.19. The van der Waals surface area contributed by atoms with E-state index in [1.165, 1.54) is 13.0 Å². The molecule has 0 fully saturated rings. The van der Waals surface area contributed by atoms with E-state index in [9.17, 15) is 14.7 Å². The second kappa shape index (κ2) is 6.18. The van der Waals surface area contributed by atoms with Gasteiger partial charge in [0.25, 0.3) is 0 Å². The van der Waals surface area contributed by atoms with E-state index in [-0.39, 0.29) is 22.6 Å². The molecule has 1 N–H and O–H groups in total. The van der Waals surface area contributed by atoms with Gasteiger partial charge in [0.05, 0.1) is 0 Å². The van der Waals surface area contributed by atoms with Crippen LogP contribution in [-0.2, 0) is 16.0 Å². The van der Waals surface area contributed by atoms with Crippen molar-refractivity contribution in [3.8, 4) is 11.5 Å². The first kappa shape index (κ1) is 15.0. The Balaban J connectivity index is 3.36. The number of aromatic hydroxyl groups is 1. The van der Waals surface area contributed by atoms with Gasteiger partial charge in [0.1, 0.15) is 0 Å². The maximum absolute atomic E-state index is 11.6. The molecule has 101 valence electrons. The third-order valence-electron chi connectivity index (χ3n) is 2.80. The van der Waals surface area contributed by atoms with Crippen LogP contribution in [0.3, 0.4) is 0 Å². The largest absolute Gasteiger partial charge is 0.504 e. The van der Waals surface area contributed by atoms with Crippen molar-refractivity contribution in [2.75, 3.05) is 0 Å². The van der Waals surface area contributed by atoms with Crippen molar-refractivity contribution in [3.63, 3.8) is 0 Å². The number of esters is 1. The van der Waals surface area contributed by atoms with Crippen LogP contribution in [0, 0.1) is 6.92 Å². The summed E-state index contributed by atoms with van der Waals surface area (Å²) in [6.07, 6.45) is 3.15. The molecule has 0 atom stereocenters. The molecule has 19 heavy (non-hydrogen) atoms. The molecule has 1 radical (unpaired) electrons. The smallest absolute Gasteiger partial charge is 0.338 e. The Morgan fingerprint density at radius 1 is 1.53 bits per heavy atom. The molecule has 0 bridgehead atoms. The van der Waals surface area contributed by atoms with Crippen molar-refractivity contribution in [1.82, 2.24) is 0 Å². The second-order valence-electron chi connectivity index (χ2n) is 4.40. The minimum absolute atomic E-state index is 0.103. The van der Waals surface area contributed by atoms with Crippen LogP contribution in [0.25, 0.3) is 0 Å². The van der Waals surface area contributed by atoms with E-state index in [1.54, 1.807) is 13.2 Å². The highest BCUT2D eigenvalue weighted by atomic mass is 16.5. The third kappa shape index (κ3) is 3.22. The zero-order chi connectivity index (χ0) is 14.6. The zero-order valence-corrected chi connectivity index (χ0v) is 11.4. The predicted octanol–water partition coefficient (Wildman–Crippen LogP) is 2.59. The molecule has 4 nitrogen and oxygen atoms in total. The molecule has 0 unspecified atom stereocenters. The number of phenolic OH excluding ortho intramolecular Hbond substituents is 1. The number of carbonyl (C=O) groups is 1. The van der Waals surface area contributed by atoms with E-state index >= 15 is 0 Å². The van der Waals surface area contributed by atoms with Crippen LogP contribution in [0.1, 0.15) is 37.0 Å². The van der Waals surface area contributed by atoms with E-state index < -0.39 is 5.97 Å². The molecule has 1 aromatic carbocycles. The van der Waals surface area contributed by atoms with Crippen molar-refractivity contribution in [2.45, 2.75) is 33.6 Å². The summed E-state index contributed by atoms with van der Waals surface area (Å²) < 4.78 is 5.15. The van der Waals surface area contributed by atoms with Crippen LogP contribution in [0.5, 0.6) is 11.5 Å². The van der Waals surface area contributed by atoms with Gasteiger partial charge in [0.2, 0.25) is 6.29 Å². The molecule has 0 aliphatic rings. The van der Waals surface area contributed by atoms with Crippen molar-refractivity contribution in [1.29, 1.82) is 0 Å². The number of ether oxygens (including phenoxy) is 1. The Hall–Kier alpha value is -2.10. The lowest BCUT2D eigenvalue weighted by molar-refractivity contribution is -0.130. The number of phenols is 1. The summed E-state index contributed by atoms with van der Waals surface area (Å²) >= 11 is 0. The van der Waals surface area contributed by atoms with Crippen molar-refractivity contribution in [3.05, 3.63) is 34.9 Å². The molecule has 0 amide bonds. The summed E-state index contributed by atoms with van der Waals surface area (Å²) in [5, 5.41) is 9.90. The Bertz CT molecular complexity index is 529. The minimum atomic E-state index is -0.602. The summed E-state index contributed by atoms with van der Waals surface area (Å²) in [5.74, 6) is -0.733. The van der Waals surface area contributed by atoms with Crippen LogP contribution < -0.4 is 4.74 Å². The number of hydrogen-bond donors (Lipinski definition) is 1. The van der Waals surface area contributed by atoms with Gasteiger partial charge in [0, 0.05) is 16.7 Å². The lowest BCUT2D eigenvalue weighted by Crippen LogP contribution is -2.11. The number of carbonyl (C=O) groups excluding carboxylic acids is 2. The lowest BCUT2D eigenvalue weighted by atomic mass is 9.97. The average Bonchev–Trinajstić information content (AvgIpc) is 2.37. The maximum atomic E-state index is 11.6. The molecule has 0 saturated heterocycles. The summed E-state index contributed by atoms with van der Waals surface area (Å²) in [6, 6.07) is 1.25. The van der Waals surface area contributed by atoms with Crippen LogP contribution in [0.2, 0.25) is 0 Å². The van der Waals surface area contributed by atoms with E-state index in [0.29, 0.717) is 17.5 Å². The van der Waals surface area contributed by atoms with Gasteiger partial charge < -0.3 is 9.84 Å². The molecule has 1 aromatic rings. The van der Waals surface area contributed by atoms with Crippen LogP contribution >= 0.6 is 0 Å². The van der Waals surface area contributed by atoms with Gasteiger partial charge in [-0.25, -0.2) is 4.79 Å². The maximum Gasteiger partial charge on any atom is 0.338 e. The van der Waals surface area contributed by atoms with Gasteiger partial charge in [-0.05, 0) is 31.9 Å². The number of hydrogen-bond acceptors (Lipinski definition) is 4. The molecule has 0 aliphatic heterocycles. The summed E-state index contributed by atoms with van der Waals surface area (Å²) in [6.45, 7) is 8.72. The van der Waals surface area contributed by atoms with Crippen LogP contribution in [-0.4, -0.2) is 17.4 Å². The Morgan fingerprint density at radius 2 is 2.16 bits per heavy atom. The Morgan fingerprint density at radius 3 is 2.63 bits per heavy atom. The highest BCUT2D eigenvalue weighted by Crippen LogP contribution is 2.35. The predicted molar refractivity (Wildman–Crippen MR) is 72.1 cm³/mol. The molecule has 0 saturated carbocycles. The van der Waals surface area contributed by atoms with E-state index in [1.807, 2.05) is 6.92 Å². The third-order valence-corrected chi connectivity index (χ3v) is 2.80. The summed E-state index contributed by atoms with van der Waals surface area (Å²) in [5.41, 5.74) is 1.83. The Kier molecular flexibility index (Phi) is 4.87. The highest BCUT2D eigenvalue weighted by molar-refractivity contribution is 5.90. The number of benzene rings is 1. The van der Waals surface area contributed by atoms with Gasteiger partial charge in [-0.2, -0.15) is 0 Å². The van der Waals surface area contributed by atoms with Gasteiger partial charge in [-0.1, -0.05) is 19.9 Å². The topological polar surface area (TPSA) is 63.6 Å². The van der Waals surface area contributed by atoms with E-state index in [0.717, 1.165) is 6.42 Å². The fourth-order valence-electron chi connectivity index (χ4n) is 1.75. The van der Waals surface area contributed by atoms with Gasteiger partial charge >= 0.3 is 5.97 Å².